The van der Waals surface area contributed by atoms with Gasteiger partial charge in [0, 0.05) is 38.4 Å². The van der Waals surface area contributed by atoms with Crippen molar-refractivity contribution in [2.45, 2.75) is 31.8 Å². The number of morpholine rings is 1. The van der Waals surface area contributed by atoms with E-state index in [0.29, 0.717) is 11.9 Å². The second kappa shape index (κ2) is 7.86. The van der Waals surface area contributed by atoms with Crippen molar-refractivity contribution < 1.29 is 9.53 Å². The number of piperidine rings is 1. The predicted octanol–water partition coefficient (Wildman–Crippen LogP) is 1.21. The Labute approximate surface area is 137 Å². The number of likely N-dealkylation sites (tertiary alicyclic amines) is 1. The Kier molecular flexibility index (Phi) is 5.59. The normalized spacial score (nSPS) is 22.7. The van der Waals surface area contributed by atoms with Crippen molar-refractivity contribution in [3.05, 3.63) is 24.4 Å². The highest BCUT2D eigenvalue weighted by atomic mass is 16.5. The van der Waals surface area contributed by atoms with Crippen LogP contribution in [0, 0.1) is 0 Å². The Hall–Kier alpha value is -1.50. The molecule has 0 aliphatic carbocycles. The number of carbonyl (C=O) groups is 1. The monoisotopic (exact) mass is 318 g/mol. The molecule has 2 aliphatic rings. The van der Waals surface area contributed by atoms with E-state index in [9.17, 15) is 4.79 Å². The van der Waals surface area contributed by atoms with Crippen LogP contribution in [0.3, 0.4) is 0 Å². The first-order valence-electron chi connectivity index (χ1n) is 8.52. The average Bonchev–Trinajstić information content (AvgIpc) is 2.63. The minimum Gasteiger partial charge on any atom is -0.379 e. The number of anilines is 1. The fourth-order valence-electron chi connectivity index (χ4n) is 3.41. The minimum absolute atomic E-state index is 0.0218. The summed E-state index contributed by atoms with van der Waals surface area (Å²) in [5.74, 6) is 0.640. The fourth-order valence-corrected chi connectivity index (χ4v) is 3.41. The van der Waals surface area contributed by atoms with Crippen molar-refractivity contribution in [1.29, 1.82) is 0 Å². The Balaban J connectivity index is 1.47. The molecule has 1 amide bonds. The maximum atomic E-state index is 12.4. The predicted molar refractivity (Wildman–Crippen MR) is 89.3 cm³/mol. The van der Waals surface area contributed by atoms with E-state index >= 15 is 0 Å². The van der Waals surface area contributed by atoms with Crippen molar-refractivity contribution in [2.75, 3.05) is 44.7 Å². The molecule has 1 atom stereocenters. The van der Waals surface area contributed by atoms with Crippen molar-refractivity contribution >= 4 is 11.7 Å². The van der Waals surface area contributed by atoms with Crippen LogP contribution < -0.4 is 5.32 Å². The van der Waals surface area contributed by atoms with Gasteiger partial charge in [-0.1, -0.05) is 6.07 Å². The Morgan fingerprint density at radius 2 is 2.00 bits per heavy atom. The van der Waals surface area contributed by atoms with E-state index in [4.69, 9.17) is 4.74 Å². The van der Waals surface area contributed by atoms with Crippen molar-refractivity contribution in [3.8, 4) is 0 Å². The smallest absolute Gasteiger partial charge is 0.242 e. The SMILES string of the molecule is C[C@@H](C(=O)Nc1ccccn1)N1CCC(N2CCOCC2)CC1. The minimum atomic E-state index is -0.123. The molecule has 1 aromatic heterocycles. The first-order valence-corrected chi connectivity index (χ1v) is 8.52. The van der Waals surface area contributed by atoms with Crippen LogP contribution in [0.2, 0.25) is 0 Å². The molecule has 1 aromatic rings. The zero-order valence-corrected chi connectivity index (χ0v) is 13.8. The standard InChI is InChI=1S/C17H26N4O2/c1-14(17(22)19-16-4-2-3-7-18-16)20-8-5-15(6-9-20)21-10-12-23-13-11-21/h2-4,7,14-15H,5-6,8-13H2,1H3,(H,18,19,22)/t14-/m0/s1. The Morgan fingerprint density at radius 3 is 2.65 bits per heavy atom. The molecule has 3 heterocycles. The molecular weight excluding hydrogens is 292 g/mol. The molecule has 0 radical (unpaired) electrons. The summed E-state index contributed by atoms with van der Waals surface area (Å²) in [7, 11) is 0. The molecule has 2 fully saturated rings. The zero-order valence-electron chi connectivity index (χ0n) is 13.8. The highest BCUT2D eigenvalue weighted by Gasteiger charge is 2.30. The van der Waals surface area contributed by atoms with Crippen LogP contribution in [0.4, 0.5) is 5.82 Å². The quantitative estimate of drug-likeness (QED) is 0.904. The molecule has 0 aromatic carbocycles. The molecule has 2 aliphatic heterocycles. The lowest BCUT2D eigenvalue weighted by Gasteiger charge is -2.41. The molecule has 126 valence electrons. The van der Waals surface area contributed by atoms with E-state index in [2.05, 4.69) is 20.1 Å². The number of ether oxygens (including phenoxy) is 1. The van der Waals surface area contributed by atoms with Gasteiger partial charge in [-0.15, -0.1) is 0 Å². The third kappa shape index (κ3) is 4.28. The first kappa shape index (κ1) is 16.4. The van der Waals surface area contributed by atoms with Crippen LogP contribution in [0.5, 0.6) is 0 Å². The van der Waals surface area contributed by atoms with Gasteiger partial charge in [-0.2, -0.15) is 0 Å². The molecular formula is C17H26N4O2. The lowest BCUT2D eigenvalue weighted by atomic mass is 10.0. The van der Waals surface area contributed by atoms with Gasteiger partial charge in [-0.3, -0.25) is 14.6 Å². The summed E-state index contributed by atoms with van der Waals surface area (Å²) in [6.45, 7) is 7.71. The van der Waals surface area contributed by atoms with Gasteiger partial charge in [-0.05, 0) is 31.9 Å². The second-order valence-corrected chi connectivity index (χ2v) is 6.30. The van der Waals surface area contributed by atoms with E-state index in [1.807, 2.05) is 25.1 Å². The van der Waals surface area contributed by atoms with Crippen LogP contribution in [-0.2, 0) is 9.53 Å². The van der Waals surface area contributed by atoms with Gasteiger partial charge in [0.05, 0.1) is 19.3 Å². The molecule has 0 saturated carbocycles. The largest absolute Gasteiger partial charge is 0.379 e. The number of pyridine rings is 1. The number of rotatable bonds is 4. The number of carbonyl (C=O) groups excluding carboxylic acids is 1. The van der Waals surface area contributed by atoms with E-state index in [-0.39, 0.29) is 11.9 Å². The van der Waals surface area contributed by atoms with E-state index in [0.717, 1.165) is 52.2 Å². The highest BCUT2D eigenvalue weighted by Crippen LogP contribution is 2.19. The summed E-state index contributed by atoms with van der Waals surface area (Å²) in [5, 5.41) is 2.89. The van der Waals surface area contributed by atoms with Gasteiger partial charge < -0.3 is 10.1 Å². The number of hydrogen-bond acceptors (Lipinski definition) is 5. The van der Waals surface area contributed by atoms with E-state index in [1.54, 1.807) is 6.20 Å². The number of nitrogens with zero attached hydrogens (tertiary/aromatic N) is 3. The summed E-state index contributed by atoms with van der Waals surface area (Å²) in [6.07, 6.45) is 3.94. The van der Waals surface area contributed by atoms with Gasteiger partial charge in [0.25, 0.3) is 0 Å². The number of nitrogens with one attached hydrogen (secondary N) is 1. The average molecular weight is 318 g/mol. The van der Waals surface area contributed by atoms with Gasteiger partial charge in [0.1, 0.15) is 5.82 Å². The highest BCUT2D eigenvalue weighted by molar-refractivity contribution is 5.93. The summed E-state index contributed by atoms with van der Waals surface area (Å²) in [4.78, 5) is 21.3. The van der Waals surface area contributed by atoms with Crippen LogP contribution in [-0.4, -0.2) is 72.2 Å². The molecule has 0 bridgehead atoms. The number of aromatic nitrogens is 1. The summed E-state index contributed by atoms with van der Waals surface area (Å²) in [6, 6.07) is 6.05. The summed E-state index contributed by atoms with van der Waals surface area (Å²) in [5.41, 5.74) is 0. The molecule has 6 heteroatoms. The molecule has 0 spiro atoms. The van der Waals surface area contributed by atoms with E-state index in [1.165, 1.54) is 0 Å². The molecule has 0 unspecified atom stereocenters. The Bertz CT molecular complexity index is 497. The van der Waals surface area contributed by atoms with Crippen LogP contribution in [0.25, 0.3) is 0 Å². The maximum absolute atomic E-state index is 12.4. The molecule has 1 N–H and O–H groups in total. The maximum Gasteiger partial charge on any atom is 0.242 e. The zero-order chi connectivity index (χ0) is 16.1. The third-order valence-electron chi connectivity index (χ3n) is 4.90. The van der Waals surface area contributed by atoms with Crippen molar-refractivity contribution in [2.24, 2.45) is 0 Å². The third-order valence-corrected chi connectivity index (χ3v) is 4.90. The molecule has 23 heavy (non-hydrogen) atoms. The van der Waals surface area contributed by atoms with Crippen LogP contribution >= 0.6 is 0 Å². The van der Waals surface area contributed by atoms with Crippen molar-refractivity contribution in [1.82, 2.24) is 14.8 Å². The lowest BCUT2D eigenvalue weighted by molar-refractivity contribution is -0.121. The van der Waals surface area contributed by atoms with E-state index < -0.39 is 0 Å². The van der Waals surface area contributed by atoms with Gasteiger partial charge >= 0.3 is 0 Å². The topological polar surface area (TPSA) is 57.7 Å². The fraction of sp³-hybridized carbons (Fsp3) is 0.647. The summed E-state index contributed by atoms with van der Waals surface area (Å²) >= 11 is 0. The molecule has 6 nitrogen and oxygen atoms in total. The second-order valence-electron chi connectivity index (χ2n) is 6.30. The van der Waals surface area contributed by atoms with Crippen molar-refractivity contribution in [3.63, 3.8) is 0 Å². The molecule has 2 saturated heterocycles. The molecule has 3 rings (SSSR count). The van der Waals surface area contributed by atoms with Gasteiger partial charge in [-0.25, -0.2) is 4.98 Å². The lowest BCUT2D eigenvalue weighted by Crippen LogP contribution is -2.52. The van der Waals surface area contributed by atoms with Crippen LogP contribution in [0.15, 0.2) is 24.4 Å². The summed E-state index contributed by atoms with van der Waals surface area (Å²) < 4.78 is 5.43. The first-order chi connectivity index (χ1) is 11.2. The van der Waals surface area contributed by atoms with Gasteiger partial charge in [0.2, 0.25) is 5.91 Å². The Morgan fingerprint density at radius 1 is 1.26 bits per heavy atom. The number of amides is 1. The number of hydrogen-bond donors (Lipinski definition) is 1. The van der Waals surface area contributed by atoms with Gasteiger partial charge in [0.15, 0.2) is 0 Å². The van der Waals surface area contributed by atoms with Crippen LogP contribution in [0.1, 0.15) is 19.8 Å².